The topological polar surface area (TPSA) is 66.0 Å². The van der Waals surface area contributed by atoms with Gasteiger partial charge >= 0.3 is 0 Å². The Morgan fingerprint density at radius 3 is 2.20 bits per heavy atom. The first-order chi connectivity index (χ1) is 12.2. The van der Waals surface area contributed by atoms with Crippen molar-refractivity contribution in [3.8, 4) is 24.0 Å². The summed E-state index contributed by atoms with van der Waals surface area (Å²) in [7, 11) is 0. The summed E-state index contributed by atoms with van der Waals surface area (Å²) < 4.78 is 10.0. The third-order valence-corrected chi connectivity index (χ3v) is 4.17. The van der Waals surface area contributed by atoms with E-state index in [4.69, 9.17) is 20.0 Å². The lowest BCUT2D eigenvalue weighted by Crippen LogP contribution is -2.04. The summed E-state index contributed by atoms with van der Waals surface area (Å²) >= 11 is 0. The Morgan fingerprint density at radius 2 is 1.56 bits per heavy atom. The van der Waals surface area contributed by atoms with Gasteiger partial charge in [0.05, 0.1) is 0 Å². The van der Waals surface area contributed by atoms with Crippen LogP contribution in [0.3, 0.4) is 0 Å². The van der Waals surface area contributed by atoms with Crippen LogP contribution in [0.5, 0.6) is 11.5 Å². The molecule has 0 aliphatic heterocycles. The minimum atomic E-state index is 0.124. The molecule has 2 rings (SSSR count). The van der Waals surface area contributed by atoms with E-state index >= 15 is 0 Å². The van der Waals surface area contributed by atoms with Gasteiger partial charge in [0.15, 0.2) is 0 Å². The Balaban J connectivity index is 2.33. The van der Waals surface area contributed by atoms with Gasteiger partial charge in [0.25, 0.3) is 12.5 Å². The van der Waals surface area contributed by atoms with Crippen molar-refractivity contribution in [1.82, 2.24) is 0 Å². The standard InChI is InChI=1S/C21H22N2O2/c1-16(2)6-5-8-19(17-10-12-18(13-11-17)24-14-22)20-7-3-4-9-21(20)25-15-23/h3-4,7,9-13,16,19H,5-6,8H2,1-2H3. The molecular weight excluding hydrogens is 312 g/mol. The molecule has 0 fully saturated rings. The molecule has 2 aromatic rings. The molecule has 0 saturated carbocycles. The molecule has 25 heavy (non-hydrogen) atoms. The molecule has 0 spiro atoms. The molecule has 2 aromatic carbocycles. The maximum Gasteiger partial charge on any atom is 0.292 e. The van der Waals surface area contributed by atoms with Crippen molar-refractivity contribution >= 4 is 0 Å². The molecule has 0 aliphatic carbocycles. The second-order valence-electron chi connectivity index (χ2n) is 6.37. The number of hydrogen-bond donors (Lipinski definition) is 0. The molecule has 0 radical (unpaired) electrons. The number of nitrogens with zero attached hydrogens (tertiary/aromatic N) is 2. The van der Waals surface area contributed by atoms with Crippen LogP contribution in [0.1, 0.15) is 50.2 Å². The molecule has 4 nitrogen and oxygen atoms in total. The third-order valence-electron chi connectivity index (χ3n) is 4.17. The number of nitriles is 2. The number of hydrogen-bond acceptors (Lipinski definition) is 4. The van der Waals surface area contributed by atoms with Crippen LogP contribution in [-0.4, -0.2) is 0 Å². The van der Waals surface area contributed by atoms with Crippen LogP contribution in [0.4, 0.5) is 0 Å². The van der Waals surface area contributed by atoms with Gasteiger partial charge in [-0.3, -0.25) is 0 Å². The number of para-hydroxylation sites is 1. The predicted octanol–water partition coefficient (Wildman–Crippen LogP) is 5.36. The fourth-order valence-corrected chi connectivity index (χ4v) is 2.96. The maximum absolute atomic E-state index is 8.92. The zero-order valence-corrected chi connectivity index (χ0v) is 14.6. The van der Waals surface area contributed by atoms with Gasteiger partial charge in [-0.15, -0.1) is 10.5 Å². The van der Waals surface area contributed by atoms with Crippen molar-refractivity contribution in [3.05, 3.63) is 59.7 Å². The van der Waals surface area contributed by atoms with Crippen LogP contribution in [0.25, 0.3) is 0 Å². The molecule has 0 aromatic heterocycles. The predicted molar refractivity (Wildman–Crippen MR) is 95.9 cm³/mol. The molecule has 0 bridgehead atoms. The van der Waals surface area contributed by atoms with Crippen LogP contribution in [0, 0.1) is 29.0 Å². The first-order valence-electron chi connectivity index (χ1n) is 8.46. The SMILES string of the molecule is CC(C)CCCC(c1ccc(OC#N)cc1)c1ccccc1OC#N. The van der Waals surface area contributed by atoms with Crippen molar-refractivity contribution in [3.63, 3.8) is 0 Å². The fraction of sp³-hybridized carbons (Fsp3) is 0.333. The molecule has 0 amide bonds. The lowest BCUT2D eigenvalue weighted by atomic mass is 9.85. The molecule has 0 N–H and O–H groups in total. The summed E-state index contributed by atoms with van der Waals surface area (Å²) in [4.78, 5) is 0. The van der Waals surface area contributed by atoms with E-state index in [-0.39, 0.29) is 5.92 Å². The fourth-order valence-electron chi connectivity index (χ4n) is 2.96. The van der Waals surface area contributed by atoms with Crippen molar-refractivity contribution in [2.24, 2.45) is 5.92 Å². The summed E-state index contributed by atoms with van der Waals surface area (Å²) in [5, 5.41) is 17.5. The van der Waals surface area contributed by atoms with Crippen LogP contribution in [0.15, 0.2) is 48.5 Å². The average Bonchev–Trinajstić information content (AvgIpc) is 2.61. The van der Waals surface area contributed by atoms with Crippen LogP contribution in [0.2, 0.25) is 0 Å². The zero-order valence-electron chi connectivity index (χ0n) is 14.6. The summed E-state index contributed by atoms with van der Waals surface area (Å²) in [5.74, 6) is 1.89. The van der Waals surface area contributed by atoms with E-state index < -0.39 is 0 Å². The maximum atomic E-state index is 8.92. The van der Waals surface area contributed by atoms with E-state index in [1.165, 1.54) is 0 Å². The monoisotopic (exact) mass is 334 g/mol. The Labute approximate surface area is 149 Å². The summed E-state index contributed by atoms with van der Waals surface area (Å²) in [6.07, 6.45) is 6.65. The van der Waals surface area contributed by atoms with Gasteiger partial charge in [-0.05, 0) is 36.1 Å². The van der Waals surface area contributed by atoms with Crippen molar-refractivity contribution in [1.29, 1.82) is 10.5 Å². The number of rotatable bonds is 8. The average molecular weight is 334 g/mol. The van der Waals surface area contributed by atoms with E-state index in [1.807, 2.05) is 36.4 Å². The molecule has 0 saturated heterocycles. The highest BCUT2D eigenvalue weighted by atomic mass is 16.5. The molecule has 128 valence electrons. The number of benzene rings is 2. The highest BCUT2D eigenvalue weighted by Gasteiger charge is 2.19. The Kier molecular flexibility index (Phi) is 6.87. The lowest BCUT2D eigenvalue weighted by molar-refractivity contribution is 0.483. The van der Waals surface area contributed by atoms with E-state index in [1.54, 1.807) is 24.6 Å². The van der Waals surface area contributed by atoms with Gasteiger partial charge in [0.1, 0.15) is 11.5 Å². The first-order valence-corrected chi connectivity index (χ1v) is 8.46. The first kappa shape index (κ1) is 18.4. The van der Waals surface area contributed by atoms with Crippen LogP contribution in [-0.2, 0) is 0 Å². The minimum Gasteiger partial charge on any atom is -0.388 e. The molecule has 0 heterocycles. The Bertz CT molecular complexity index is 755. The van der Waals surface area contributed by atoms with Crippen LogP contribution < -0.4 is 9.47 Å². The van der Waals surface area contributed by atoms with Gasteiger partial charge in [-0.1, -0.05) is 57.0 Å². The van der Waals surface area contributed by atoms with E-state index in [2.05, 4.69) is 13.8 Å². The zero-order chi connectivity index (χ0) is 18.1. The van der Waals surface area contributed by atoms with Crippen molar-refractivity contribution in [2.75, 3.05) is 0 Å². The Hall–Kier alpha value is -2.98. The van der Waals surface area contributed by atoms with Crippen molar-refractivity contribution < 1.29 is 9.47 Å². The second kappa shape index (κ2) is 9.35. The molecule has 1 unspecified atom stereocenters. The smallest absolute Gasteiger partial charge is 0.292 e. The normalized spacial score (nSPS) is 11.4. The van der Waals surface area contributed by atoms with Gasteiger partial charge in [-0.25, -0.2) is 0 Å². The largest absolute Gasteiger partial charge is 0.388 e. The minimum absolute atomic E-state index is 0.124. The third kappa shape index (κ3) is 5.26. The van der Waals surface area contributed by atoms with Gasteiger partial charge in [0.2, 0.25) is 0 Å². The lowest BCUT2D eigenvalue weighted by Gasteiger charge is -2.20. The van der Waals surface area contributed by atoms with Crippen LogP contribution >= 0.6 is 0 Å². The number of ether oxygens (including phenoxy) is 2. The second-order valence-corrected chi connectivity index (χ2v) is 6.37. The van der Waals surface area contributed by atoms with E-state index in [9.17, 15) is 0 Å². The van der Waals surface area contributed by atoms with Gasteiger partial charge in [-0.2, -0.15) is 0 Å². The molecule has 0 aliphatic rings. The quantitative estimate of drug-likeness (QED) is 0.609. The van der Waals surface area contributed by atoms with E-state index in [0.717, 1.165) is 30.4 Å². The highest BCUT2D eigenvalue weighted by Crippen LogP contribution is 2.36. The summed E-state index contributed by atoms with van der Waals surface area (Å²) in [5.41, 5.74) is 2.12. The Morgan fingerprint density at radius 1 is 0.880 bits per heavy atom. The van der Waals surface area contributed by atoms with Gasteiger partial charge in [0, 0.05) is 11.5 Å². The van der Waals surface area contributed by atoms with Gasteiger partial charge < -0.3 is 9.47 Å². The molecule has 4 heteroatoms. The highest BCUT2D eigenvalue weighted by molar-refractivity contribution is 5.43. The summed E-state index contributed by atoms with van der Waals surface area (Å²) in [6, 6.07) is 15.2. The molecular formula is C21H22N2O2. The molecule has 1 atom stereocenters. The summed E-state index contributed by atoms with van der Waals surface area (Å²) in [6.45, 7) is 4.44. The van der Waals surface area contributed by atoms with Crippen molar-refractivity contribution in [2.45, 2.75) is 39.0 Å². The van der Waals surface area contributed by atoms with E-state index in [0.29, 0.717) is 17.4 Å².